The van der Waals surface area contributed by atoms with E-state index in [0.29, 0.717) is 55.4 Å². The van der Waals surface area contributed by atoms with E-state index in [1.807, 2.05) is 37.8 Å². The van der Waals surface area contributed by atoms with Gasteiger partial charge in [0.25, 0.3) is 5.91 Å². The second-order valence-electron chi connectivity index (χ2n) is 8.52. The lowest BCUT2D eigenvalue weighted by molar-refractivity contribution is 0.00693. The third-order valence-electron chi connectivity index (χ3n) is 5.09. The largest absolute Gasteiger partial charge is 0.488 e. The summed E-state index contributed by atoms with van der Waals surface area (Å²) in [6.45, 7) is 6.91. The minimum atomic E-state index is -1.24. The summed E-state index contributed by atoms with van der Waals surface area (Å²) in [7, 11) is 0. The molecule has 3 heterocycles. The van der Waals surface area contributed by atoms with E-state index >= 15 is 0 Å². The van der Waals surface area contributed by atoms with Crippen molar-refractivity contribution >= 4 is 23.4 Å². The van der Waals surface area contributed by atoms with Crippen LogP contribution in [0.5, 0.6) is 5.75 Å². The van der Waals surface area contributed by atoms with Gasteiger partial charge in [-0.15, -0.1) is 0 Å². The fraction of sp³-hybridized carbons (Fsp3) is 0.455. The number of nitrogens with zero attached hydrogens (tertiary/aromatic N) is 2. The highest BCUT2D eigenvalue weighted by atomic mass is 19.1. The number of carbonyl (C=O) groups is 2. The van der Waals surface area contributed by atoms with Crippen molar-refractivity contribution in [3.8, 4) is 5.75 Å². The zero-order valence-electron chi connectivity index (χ0n) is 17.4. The van der Waals surface area contributed by atoms with Crippen molar-refractivity contribution in [3.05, 3.63) is 41.6 Å². The fourth-order valence-corrected chi connectivity index (χ4v) is 3.69. The van der Waals surface area contributed by atoms with Crippen LogP contribution in [0.3, 0.4) is 0 Å². The molecular formula is C22H26FN3O4. The predicted octanol–water partition coefficient (Wildman–Crippen LogP) is 4.03. The molecule has 1 amide bonds. The van der Waals surface area contributed by atoms with E-state index in [2.05, 4.69) is 4.98 Å². The lowest BCUT2D eigenvalue weighted by Crippen LogP contribution is -2.33. The van der Waals surface area contributed by atoms with Gasteiger partial charge in [0.2, 0.25) is 0 Å². The maximum absolute atomic E-state index is 14.0. The number of ether oxygens (including phenoxy) is 2. The zero-order valence-corrected chi connectivity index (χ0v) is 17.4. The van der Waals surface area contributed by atoms with E-state index in [4.69, 9.17) is 9.47 Å². The molecule has 1 aromatic carbocycles. The van der Waals surface area contributed by atoms with Crippen LogP contribution in [0.25, 0.3) is 0 Å². The average Bonchev–Trinajstić information content (AvgIpc) is 3.32. The average molecular weight is 415 g/mol. The summed E-state index contributed by atoms with van der Waals surface area (Å²) < 4.78 is 25.1. The highest BCUT2D eigenvalue weighted by molar-refractivity contribution is 5.95. The van der Waals surface area contributed by atoms with Crippen LogP contribution in [0, 0.1) is 0 Å². The Hall–Kier alpha value is -3.03. The monoisotopic (exact) mass is 415 g/mol. The number of fused-ring (bicyclic) bond motifs is 1. The lowest BCUT2D eigenvalue weighted by atomic mass is 10.1. The maximum atomic E-state index is 14.0. The van der Waals surface area contributed by atoms with Gasteiger partial charge in [0.15, 0.2) is 17.9 Å². The summed E-state index contributed by atoms with van der Waals surface area (Å²) >= 11 is 0. The van der Waals surface area contributed by atoms with Crippen molar-refractivity contribution < 1.29 is 23.5 Å². The lowest BCUT2D eigenvalue weighted by Gasteiger charge is -2.29. The first-order valence-electron chi connectivity index (χ1n) is 10.1. The zero-order chi connectivity index (χ0) is 21.5. The highest BCUT2D eigenvalue weighted by Gasteiger charge is 2.32. The van der Waals surface area contributed by atoms with Gasteiger partial charge in [-0.2, -0.15) is 0 Å². The van der Waals surface area contributed by atoms with Crippen LogP contribution < -0.4 is 9.64 Å². The first-order valence-corrected chi connectivity index (χ1v) is 10.1. The molecule has 8 heteroatoms. The molecule has 30 heavy (non-hydrogen) atoms. The van der Waals surface area contributed by atoms with Gasteiger partial charge in [-0.05, 0) is 57.9 Å². The molecule has 0 bridgehead atoms. The number of esters is 1. The number of nitrogens with one attached hydrogen (secondary N) is 1. The van der Waals surface area contributed by atoms with Crippen molar-refractivity contribution in [1.82, 2.24) is 9.88 Å². The Bertz CT molecular complexity index is 948. The standard InChI is InChI=1S/C22H26FN3O4/c1-22(2,3)30-21(28)14-6-8-15(9-7-14)25-11-12-29-17-13-16(24-19(17)25)20(27)26-10-4-5-18(26)23/h6-9,13,18,24H,4-5,10-12H2,1-3H3/t18-/m0/s1. The Morgan fingerprint density at radius 3 is 2.57 bits per heavy atom. The van der Waals surface area contributed by atoms with Gasteiger partial charge in [0.05, 0.1) is 12.1 Å². The minimum absolute atomic E-state index is 0.307. The van der Waals surface area contributed by atoms with Gasteiger partial charge in [-0.25, -0.2) is 9.18 Å². The molecule has 0 unspecified atom stereocenters. The third-order valence-corrected chi connectivity index (χ3v) is 5.09. The molecule has 0 saturated carbocycles. The number of carbonyl (C=O) groups excluding carboxylic acids is 2. The van der Waals surface area contributed by atoms with Crippen molar-refractivity contribution in [2.45, 2.75) is 45.5 Å². The predicted molar refractivity (Wildman–Crippen MR) is 110 cm³/mol. The van der Waals surface area contributed by atoms with E-state index in [-0.39, 0.29) is 11.9 Å². The number of halogens is 1. The Morgan fingerprint density at radius 2 is 1.93 bits per heavy atom. The molecule has 0 radical (unpaired) electrons. The number of amides is 1. The van der Waals surface area contributed by atoms with Gasteiger partial charge in [-0.3, -0.25) is 4.79 Å². The second kappa shape index (κ2) is 7.66. The van der Waals surface area contributed by atoms with E-state index in [1.54, 1.807) is 18.2 Å². The molecule has 2 aromatic rings. The highest BCUT2D eigenvalue weighted by Crippen LogP contribution is 2.37. The normalized spacial score (nSPS) is 18.7. The number of hydrogen-bond donors (Lipinski definition) is 1. The van der Waals surface area contributed by atoms with Crippen LogP contribution in [-0.2, 0) is 4.74 Å². The number of anilines is 2. The first-order chi connectivity index (χ1) is 14.2. The quantitative estimate of drug-likeness (QED) is 0.605. The molecule has 1 N–H and O–H groups in total. The van der Waals surface area contributed by atoms with E-state index in [9.17, 15) is 14.0 Å². The molecule has 7 nitrogen and oxygen atoms in total. The number of aromatic nitrogens is 1. The summed E-state index contributed by atoms with van der Waals surface area (Å²) in [6.07, 6.45) is -0.200. The third kappa shape index (κ3) is 3.99. The summed E-state index contributed by atoms with van der Waals surface area (Å²) in [4.78, 5) is 31.2. The number of benzene rings is 1. The fourth-order valence-electron chi connectivity index (χ4n) is 3.69. The molecule has 0 spiro atoms. The molecule has 1 aromatic heterocycles. The molecule has 160 valence electrons. The summed E-state index contributed by atoms with van der Waals surface area (Å²) in [5.74, 6) is 0.453. The van der Waals surface area contributed by atoms with Crippen molar-refractivity contribution in [2.24, 2.45) is 0 Å². The molecule has 1 saturated heterocycles. The molecule has 1 fully saturated rings. The molecule has 1 atom stereocenters. The summed E-state index contributed by atoms with van der Waals surface area (Å²) in [5.41, 5.74) is 1.06. The van der Waals surface area contributed by atoms with Crippen LogP contribution >= 0.6 is 0 Å². The molecule has 2 aliphatic rings. The van der Waals surface area contributed by atoms with Crippen LogP contribution in [0.15, 0.2) is 30.3 Å². The van der Waals surface area contributed by atoms with E-state index in [0.717, 1.165) is 5.69 Å². The van der Waals surface area contributed by atoms with Crippen molar-refractivity contribution in [2.75, 3.05) is 24.6 Å². The van der Waals surface area contributed by atoms with Crippen LogP contribution in [0.2, 0.25) is 0 Å². The summed E-state index contributed by atoms with van der Waals surface area (Å²) in [5, 5.41) is 0. The number of alkyl halides is 1. The van der Waals surface area contributed by atoms with E-state index < -0.39 is 11.9 Å². The number of rotatable bonds is 3. The van der Waals surface area contributed by atoms with Crippen LogP contribution in [0.1, 0.15) is 54.5 Å². The van der Waals surface area contributed by atoms with Gasteiger partial charge >= 0.3 is 5.97 Å². The Morgan fingerprint density at radius 1 is 1.20 bits per heavy atom. The Balaban J connectivity index is 1.55. The topological polar surface area (TPSA) is 74.9 Å². The van der Waals surface area contributed by atoms with Gasteiger partial charge in [0.1, 0.15) is 17.9 Å². The number of aromatic amines is 1. The second-order valence-corrected chi connectivity index (χ2v) is 8.52. The Kier molecular flexibility index (Phi) is 5.17. The number of hydrogen-bond acceptors (Lipinski definition) is 5. The summed E-state index contributed by atoms with van der Waals surface area (Å²) in [6, 6.07) is 8.71. The molecule has 0 aliphatic carbocycles. The van der Waals surface area contributed by atoms with Gasteiger partial charge < -0.3 is 24.3 Å². The molecular weight excluding hydrogens is 389 g/mol. The molecule has 2 aliphatic heterocycles. The number of likely N-dealkylation sites (tertiary alicyclic amines) is 1. The van der Waals surface area contributed by atoms with E-state index in [1.165, 1.54) is 4.90 Å². The maximum Gasteiger partial charge on any atom is 0.338 e. The van der Waals surface area contributed by atoms with Gasteiger partial charge in [0, 0.05) is 18.3 Å². The SMILES string of the molecule is CC(C)(C)OC(=O)c1ccc(N2CCOc3cc(C(=O)N4CCC[C@H]4F)[nH]c32)cc1. The van der Waals surface area contributed by atoms with Gasteiger partial charge in [-0.1, -0.05) is 0 Å². The van der Waals surface area contributed by atoms with Crippen molar-refractivity contribution in [3.63, 3.8) is 0 Å². The minimum Gasteiger partial charge on any atom is -0.488 e. The molecule has 4 rings (SSSR count). The Labute approximate surface area is 174 Å². The smallest absolute Gasteiger partial charge is 0.338 e. The van der Waals surface area contributed by atoms with Crippen molar-refractivity contribution in [1.29, 1.82) is 0 Å². The number of H-pyrrole nitrogens is 1. The van der Waals surface area contributed by atoms with Crippen LogP contribution in [-0.4, -0.2) is 53.4 Å². The van der Waals surface area contributed by atoms with Crippen LogP contribution in [0.4, 0.5) is 15.9 Å². The first kappa shape index (κ1) is 20.3.